The maximum Gasteiger partial charge on any atom is 0.311 e. The van der Waals surface area contributed by atoms with Crippen molar-refractivity contribution in [2.45, 2.75) is 6.92 Å². The van der Waals surface area contributed by atoms with Crippen LogP contribution in [0.15, 0.2) is 36.4 Å². The molecule has 1 heterocycles. The first kappa shape index (κ1) is 17.6. The second kappa shape index (κ2) is 7.36. The Bertz CT molecular complexity index is 986. The van der Waals surface area contributed by atoms with Crippen LogP contribution in [0.1, 0.15) is 17.3 Å². The van der Waals surface area contributed by atoms with E-state index in [-0.39, 0.29) is 17.0 Å². The fraction of sp³-hybridized carbons (Fsp3) is 0.176. The van der Waals surface area contributed by atoms with Gasteiger partial charge in [0.1, 0.15) is 5.75 Å². The molecule has 0 bridgehead atoms. The third-order valence-electron chi connectivity index (χ3n) is 3.53. The standard InChI is InChI=1S/C17H15N3O5S/c1-3-25-11-5-6-12-15(9-11)26-17(18-12)19-16(21)10-4-7-14(24-2)13(8-10)20(22)23/h4-9H,3H2,1-2H3,(H,18,19,21). The van der Waals surface area contributed by atoms with E-state index in [1.165, 1.54) is 36.6 Å². The first-order valence-corrected chi connectivity index (χ1v) is 8.50. The Labute approximate surface area is 152 Å². The quantitative estimate of drug-likeness (QED) is 0.520. The minimum atomic E-state index is -0.595. The number of thiazole rings is 1. The van der Waals surface area contributed by atoms with Crippen LogP contribution in [0.5, 0.6) is 11.5 Å². The number of nitro groups is 1. The number of carbonyl (C=O) groups excluding carboxylic acids is 1. The number of nitrogens with one attached hydrogen (secondary N) is 1. The van der Waals surface area contributed by atoms with E-state index >= 15 is 0 Å². The average Bonchev–Trinajstić information content (AvgIpc) is 3.02. The van der Waals surface area contributed by atoms with Crippen LogP contribution in [0, 0.1) is 10.1 Å². The Morgan fingerprint density at radius 3 is 2.81 bits per heavy atom. The minimum Gasteiger partial charge on any atom is -0.494 e. The summed E-state index contributed by atoms with van der Waals surface area (Å²) in [5, 5.41) is 14.2. The molecule has 0 aliphatic carbocycles. The molecule has 0 radical (unpaired) electrons. The Kier molecular flexibility index (Phi) is 4.99. The number of aromatic nitrogens is 1. The SMILES string of the molecule is CCOc1ccc2nc(NC(=O)c3ccc(OC)c([N+](=O)[O-])c3)sc2c1. The minimum absolute atomic E-state index is 0.0926. The van der Waals surface area contributed by atoms with Gasteiger partial charge in [0, 0.05) is 11.6 Å². The van der Waals surface area contributed by atoms with E-state index in [0.717, 1.165) is 16.0 Å². The maximum absolute atomic E-state index is 12.4. The van der Waals surface area contributed by atoms with Crippen LogP contribution in [0.2, 0.25) is 0 Å². The van der Waals surface area contributed by atoms with Crippen LogP contribution in [0.3, 0.4) is 0 Å². The van der Waals surface area contributed by atoms with E-state index < -0.39 is 10.8 Å². The normalized spacial score (nSPS) is 10.5. The smallest absolute Gasteiger partial charge is 0.311 e. The molecular formula is C17H15N3O5S. The summed E-state index contributed by atoms with van der Waals surface area (Å²) in [7, 11) is 1.33. The summed E-state index contributed by atoms with van der Waals surface area (Å²) in [6.45, 7) is 2.46. The van der Waals surface area contributed by atoms with Crippen LogP contribution < -0.4 is 14.8 Å². The molecular weight excluding hydrogens is 358 g/mol. The molecule has 1 N–H and O–H groups in total. The first-order valence-electron chi connectivity index (χ1n) is 7.69. The second-order valence-corrected chi connectivity index (χ2v) is 6.21. The Morgan fingerprint density at radius 1 is 1.31 bits per heavy atom. The number of rotatable bonds is 6. The van der Waals surface area contributed by atoms with E-state index in [4.69, 9.17) is 9.47 Å². The van der Waals surface area contributed by atoms with Crippen molar-refractivity contribution >= 4 is 38.3 Å². The molecule has 3 rings (SSSR count). The van der Waals surface area contributed by atoms with Gasteiger partial charge in [0.15, 0.2) is 10.9 Å². The number of hydrogen-bond acceptors (Lipinski definition) is 7. The number of nitrogens with zero attached hydrogens (tertiary/aromatic N) is 2. The van der Waals surface area contributed by atoms with Gasteiger partial charge in [-0.25, -0.2) is 4.98 Å². The van der Waals surface area contributed by atoms with Crippen LogP contribution in [-0.2, 0) is 0 Å². The molecule has 0 aliphatic rings. The first-order chi connectivity index (χ1) is 12.5. The van der Waals surface area contributed by atoms with E-state index in [0.29, 0.717) is 11.7 Å². The highest BCUT2D eigenvalue weighted by atomic mass is 32.1. The molecule has 0 saturated carbocycles. The van der Waals surface area contributed by atoms with Crippen molar-refractivity contribution in [3.63, 3.8) is 0 Å². The molecule has 134 valence electrons. The molecule has 2 aromatic carbocycles. The van der Waals surface area contributed by atoms with Gasteiger partial charge in [-0.3, -0.25) is 20.2 Å². The van der Waals surface area contributed by atoms with Crippen LogP contribution >= 0.6 is 11.3 Å². The Hall–Kier alpha value is -3.20. The highest BCUT2D eigenvalue weighted by Gasteiger charge is 2.19. The van der Waals surface area contributed by atoms with Crippen LogP contribution in [0.25, 0.3) is 10.2 Å². The predicted octanol–water partition coefficient (Wildman–Crippen LogP) is 3.86. The van der Waals surface area contributed by atoms with E-state index in [9.17, 15) is 14.9 Å². The lowest BCUT2D eigenvalue weighted by Gasteiger charge is -2.04. The van der Waals surface area contributed by atoms with Crippen molar-refractivity contribution in [2.75, 3.05) is 19.0 Å². The van der Waals surface area contributed by atoms with Crippen molar-refractivity contribution in [2.24, 2.45) is 0 Å². The van der Waals surface area contributed by atoms with Gasteiger partial charge < -0.3 is 9.47 Å². The fourth-order valence-electron chi connectivity index (χ4n) is 2.36. The van der Waals surface area contributed by atoms with Gasteiger partial charge in [-0.2, -0.15) is 0 Å². The van der Waals surface area contributed by atoms with E-state index in [2.05, 4.69) is 10.3 Å². The zero-order chi connectivity index (χ0) is 18.7. The predicted molar refractivity (Wildman–Crippen MR) is 98.4 cm³/mol. The summed E-state index contributed by atoms with van der Waals surface area (Å²) in [6, 6.07) is 9.50. The molecule has 0 unspecified atom stereocenters. The number of fused-ring (bicyclic) bond motifs is 1. The van der Waals surface area contributed by atoms with Gasteiger partial charge >= 0.3 is 5.69 Å². The van der Waals surface area contributed by atoms with Gasteiger partial charge in [-0.05, 0) is 37.3 Å². The number of nitro benzene ring substituents is 1. The second-order valence-electron chi connectivity index (χ2n) is 5.18. The highest BCUT2D eigenvalue weighted by molar-refractivity contribution is 7.22. The lowest BCUT2D eigenvalue weighted by molar-refractivity contribution is -0.385. The molecule has 0 atom stereocenters. The maximum atomic E-state index is 12.4. The molecule has 0 aliphatic heterocycles. The molecule has 3 aromatic rings. The van der Waals surface area contributed by atoms with Gasteiger partial charge in [-0.15, -0.1) is 0 Å². The number of carbonyl (C=O) groups is 1. The summed E-state index contributed by atoms with van der Waals surface area (Å²) in [6.07, 6.45) is 0. The summed E-state index contributed by atoms with van der Waals surface area (Å²) in [4.78, 5) is 27.2. The number of methoxy groups -OCH3 is 1. The molecule has 0 fully saturated rings. The molecule has 8 nitrogen and oxygen atoms in total. The molecule has 0 spiro atoms. The molecule has 26 heavy (non-hydrogen) atoms. The molecule has 1 amide bonds. The molecule has 1 aromatic heterocycles. The number of benzene rings is 2. The zero-order valence-electron chi connectivity index (χ0n) is 14.0. The number of hydrogen-bond donors (Lipinski definition) is 1. The van der Waals surface area contributed by atoms with Crippen molar-refractivity contribution in [1.82, 2.24) is 4.98 Å². The van der Waals surface area contributed by atoms with Crippen molar-refractivity contribution < 1.29 is 19.2 Å². The summed E-state index contributed by atoms with van der Waals surface area (Å²) < 4.78 is 11.2. The van der Waals surface area contributed by atoms with Gasteiger partial charge in [0.05, 0.1) is 28.9 Å². The fourth-order valence-corrected chi connectivity index (χ4v) is 3.25. The van der Waals surface area contributed by atoms with Crippen LogP contribution in [-0.4, -0.2) is 29.5 Å². The lowest BCUT2D eigenvalue weighted by atomic mass is 10.2. The third-order valence-corrected chi connectivity index (χ3v) is 4.46. The van der Waals surface area contributed by atoms with Gasteiger partial charge in [-0.1, -0.05) is 11.3 Å². The highest BCUT2D eigenvalue weighted by Crippen LogP contribution is 2.31. The number of anilines is 1. The van der Waals surface area contributed by atoms with Gasteiger partial charge in [0.25, 0.3) is 5.91 Å². The number of ether oxygens (including phenoxy) is 2. The molecule has 0 saturated heterocycles. The molecule has 9 heteroatoms. The Morgan fingerprint density at radius 2 is 2.12 bits per heavy atom. The van der Waals surface area contributed by atoms with Crippen molar-refractivity contribution in [1.29, 1.82) is 0 Å². The van der Waals surface area contributed by atoms with E-state index in [1.54, 1.807) is 0 Å². The van der Waals surface area contributed by atoms with Crippen molar-refractivity contribution in [3.05, 3.63) is 52.1 Å². The zero-order valence-corrected chi connectivity index (χ0v) is 14.8. The number of amides is 1. The summed E-state index contributed by atoms with van der Waals surface area (Å²) in [5.41, 5.74) is 0.604. The summed E-state index contributed by atoms with van der Waals surface area (Å²) >= 11 is 1.30. The van der Waals surface area contributed by atoms with Crippen LogP contribution in [0.4, 0.5) is 10.8 Å². The summed E-state index contributed by atoms with van der Waals surface area (Å²) in [5.74, 6) is 0.335. The monoisotopic (exact) mass is 373 g/mol. The lowest BCUT2D eigenvalue weighted by Crippen LogP contribution is -2.12. The van der Waals surface area contributed by atoms with E-state index in [1.807, 2.05) is 25.1 Å². The van der Waals surface area contributed by atoms with Gasteiger partial charge in [0.2, 0.25) is 0 Å². The Balaban J connectivity index is 1.84. The van der Waals surface area contributed by atoms with Crippen molar-refractivity contribution in [3.8, 4) is 11.5 Å². The topological polar surface area (TPSA) is 104 Å². The third kappa shape index (κ3) is 3.57. The average molecular weight is 373 g/mol. The largest absolute Gasteiger partial charge is 0.494 e.